The summed E-state index contributed by atoms with van der Waals surface area (Å²) < 4.78 is 0. The van der Waals surface area contributed by atoms with Crippen molar-refractivity contribution in [2.45, 2.75) is 49.9 Å². The predicted octanol–water partition coefficient (Wildman–Crippen LogP) is -0.516. The summed E-state index contributed by atoms with van der Waals surface area (Å²) in [4.78, 5) is 69.4. The molecule has 1 heterocycles. The average molecular weight is 581 g/mol. The molecule has 0 spiro atoms. The summed E-state index contributed by atoms with van der Waals surface area (Å²) in [6, 6.07) is 8.91. The maximum Gasteiger partial charge on any atom is 0.326 e. The van der Waals surface area contributed by atoms with Gasteiger partial charge in [-0.25, -0.2) is 9.78 Å². The van der Waals surface area contributed by atoms with Crippen molar-refractivity contribution < 1.29 is 39.3 Å². The van der Waals surface area contributed by atoms with Crippen LogP contribution in [0.2, 0.25) is 0 Å². The number of hydrogen-bond donors (Lipinski definition) is 8. The van der Waals surface area contributed by atoms with Gasteiger partial charge in [0.25, 0.3) is 0 Å². The molecule has 0 bridgehead atoms. The lowest BCUT2D eigenvalue weighted by Crippen LogP contribution is -2.58. The van der Waals surface area contributed by atoms with Crippen LogP contribution in [0.3, 0.4) is 0 Å². The Bertz CT molecular complexity index is 1360. The normalized spacial score (nSPS) is 13.6. The van der Waals surface area contributed by atoms with Crippen LogP contribution in [0.1, 0.15) is 23.2 Å². The van der Waals surface area contributed by atoms with Gasteiger partial charge in [-0.15, -0.1) is 0 Å². The molecule has 3 rings (SSSR count). The van der Waals surface area contributed by atoms with Gasteiger partial charge in [-0.05, 0) is 23.3 Å². The summed E-state index contributed by atoms with van der Waals surface area (Å²) in [6.07, 6.45) is 2.01. The zero-order valence-corrected chi connectivity index (χ0v) is 22.4. The number of carbonyl (C=O) groups is 5. The van der Waals surface area contributed by atoms with E-state index in [-0.39, 0.29) is 25.0 Å². The highest BCUT2D eigenvalue weighted by Crippen LogP contribution is 2.12. The number of carboxylic acid groups (broad SMARTS) is 2. The molecule has 0 saturated heterocycles. The van der Waals surface area contributed by atoms with Crippen molar-refractivity contribution in [3.8, 4) is 5.75 Å². The number of aromatic nitrogens is 2. The molecule has 42 heavy (non-hydrogen) atoms. The number of nitrogens with zero attached hydrogens (tertiary/aromatic N) is 1. The third-order valence-electron chi connectivity index (χ3n) is 6.25. The van der Waals surface area contributed by atoms with Crippen LogP contribution in [0.4, 0.5) is 0 Å². The Labute approximate surface area is 240 Å². The third kappa shape index (κ3) is 9.75. The quantitative estimate of drug-likeness (QED) is 0.114. The first-order valence-corrected chi connectivity index (χ1v) is 12.9. The summed E-state index contributed by atoms with van der Waals surface area (Å²) in [5.41, 5.74) is 7.76. The van der Waals surface area contributed by atoms with Gasteiger partial charge in [-0.3, -0.25) is 19.2 Å². The van der Waals surface area contributed by atoms with Gasteiger partial charge in [-0.2, -0.15) is 0 Å². The number of amides is 3. The monoisotopic (exact) mass is 580 g/mol. The van der Waals surface area contributed by atoms with Crippen LogP contribution < -0.4 is 21.7 Å². The van der Waals surface area contributed by atoms with Crippen molar-refractivity contribution in [3.63, 3.8) is 0 Å². The van der Waals surface area contributed by atoms with Crippen LogP contribution in [0, 0.1) is 0 Å². The van der Waals surface area contributed by atoms with E-state index in [1.54, 1.807) is 30.3 Å². The minimum Gasteiger partial charge on any atom is -0.508 e. The van der Waals surface area contributed by atoms with E-state index in [4.69, 9.17) is 5.73 Å². The molecule has 2 aromatic carbocycles. The first-order chi connectivity index (χ1) is 20.0. The van der Waals surface area contributed by atoms with Crippen LogP contribution in [0.5, 0.6) is 5.75 Å². The summed E-state index contributed by atoms with van der Waals surface area (Å²) in [7, 11) is 0. The minimum atomic E-state index is -1.66. The van der Waals surface area contributed by atoms with Gasteiger partial charge in [0.1, 0.15) is 23.9 Å². The van der Waals surface area contributed by atoms with Gasteiger partial charge in [0.05, 0.1) is 18.8 Å². The van der Waals surface area contributed by atoms with Crippen LogP contribution in [-0.2, 0) is 43.2 Å². The maximum absolute atomic E-state index is 13.4. The smallest absolute Gasteiger partial charge is 0.326 e. The summed E-state index contributed by atoms with van der Waals surface area (Å²) in [5, 5.41) is 35.7. The van der Waals surface area contributed by atoms with Crippen LogP contribution in [0.15, 0.2) is 67.1 Å². The van der Waals surface area contributed by atoms with Crippen molar-refractivity contribution in [2.24, 2.45) is 5.73 Å². The lowest BCUT2D eigenvalue weighted by molar-refractivity contribution is -0.143. The Morgan fingerprint density at radius 1 is 0.762 bits per heavy atom. The molecule has 222 valence electrons. The molecular weight excluding hydrogens is 548 g/mol. The van der Waals surface area contributed by atoms with E-state index >= 15 is 0 Å². The Balaban J connectivity index is 1.75. The van der Waals surface area contributed by atoms with Crippen LogP contribution in [0.25, 0.3) is 0 Å². The number of nitrogens with one attached hydrogen (secondary N) is 4. The SMILES string of the molecule is NC(Cc1cnc[nH]1)C(=O)NC(Cc1ccccc1)C(=O)NC(CC(=O)O)C(=O)NC(Cc1ccc(O)cc1)C(=O)O. The van der Waals surface area contributed by atoms with E-state index in [0.717, 1.165) is 0 Å². The molecule has 4 unspecified atom stereocenters. The Morgan fingerprint density at radius 3 is 1.93 bits per heavy atom. The van der Waals surface area contributed by atoms with E-state index in [9.17, 15) is 39.3 Å². The van der Waals surface area contributed by atoms with Gasteiger partial charge in [-0.1, -0.05) is 42.5 Å². The number of aromatic amines is 1. The fourth-order valence-corrected chi connectivity index (χ4v) is 4.06. The Morgan fingerprint density at radius 2 is 1.33 bits per heavy atom. The number of aliphatic carboxylic acids is 2. The molecule has 0 fully saturated rings. The fraction of sp³-hybridized carbons (Fsp3) is 0.286. The number of phenols is 1. The summed E-state index contributed by atoms with van der Waals surface area (Å²) >= 11 is 0. The molecule has 0 aliphatic heterocycles. The first-order valence-electron chi connectivity index (χ1n) is 12.9. The number of carboxylic acids is 2. The van der Waals surface area contributed by atoms with Crippen molar-refractivity contribution in [2.75, 3.05) is 0 Å². The van der Waals surface area contributed by atoms with E-state index in [1.165, 1.54) is 36.8 Å². The highest BCUT2D eigenvalue weighted by molar-refractivity contribution is 5.95. The number of H-pyrrole nitrogens is 1. The molecule has 14 nitrogen and oxygen atoms in total. The summed E-state index contributed by atoms with van der Waals surface area (Å²) in [5.74, 6) is -5.42. The molecule has 4 atom stereocenters. The largest absolute Gasteiger partial charge is 0.508 e. The molecule has 1 aromatic heterocycles. The molecule has 0 aliphatic carbocycles. The van der Waals surface area contributed by atoms with E-state index in [0.29, 0.717) is 16.8 Å². The average Bonchev–Trinajstić information content (AvgIpc) is 3.46. The maximum atomic E-state index is 13.4. The third-order valence-corrected chi connectivity index (χ3v) is 6.25. The standard InChI is InChI=1S/C28H32N6O8/c29-20(12-18-14-30-15-31-18)25(38)32-21(10-16-4-2-1-3-5-16)26(39)33-22(13-24(36)37)27(40)34-23(28(41)42)11-17-6-8-19(35)9-7-17/h1-9,14-15,20-23,35H,10-13,29H2,(H,30,31)(H,32,38)(H,33,39)(H,34,40)(H,36,37)(H,41,42). The number of rotatable bonds is 15. The first kappa shape index (κ1) is 31.3. The van der Waals surface area contributed by atoms with Crippen molar-refractivity contribution in [1.82, 2.24) is 25.9 Å². The zero-order chi connectivity index (χ0) is 30.6. The molecule has 3 amide bonds. The highest BCUT2D eigenvalue weighted by atomic mass is 16.4. The molecule has 3 aromatic rings. The van der Waals surface area contributed by atoms with Gasteiger partial charge in [0, 0.05) is 31.2 Å². The van der Waals surface area contributed by atoms with Crippen molar-refractivity contribution in [3.05, 3.63) is 83.9 Å². The number of phenolic OH excluding ortho intramolecular Hbond substituents is 1. The van der Waals surface area contributed by atoms with Gasteiger partial charge >= 0.3 is 11.9 Å². The topological polar surface area (TPSA) is 237 Å². The van der Waals surface area contributed by atoms with E-state index in [1.807, 2.05) is 0 Å². The Hall–Kier alpha value is -5.24. The molecule has 0 radical (unpaired) electrons. The van der Waals surface area contributed by atoms with E-state index < -0.39 is 60.2 Å². The van der Waals surface area contributed by atoms with E-state index in [2.05, 4.69) is 25.9 Å². The van der Waals surface area contributed by atoms with Gasteiger partial charge in [0.15, 0.2) is 0 Å². The second kappa shape index (κ2) is 14.9. The van der Waals surface area contributed by atoms with Gasteiger partial charge < -0.3 is 42.0 Å². The minimum absolute atomic E-state index is 0.00476. The fourth-order valence-electron chi connectivity index (χ4n) is 4.06. The molecule has 0 saturated carbocycles. The molecule has 9 N–H and O–H groups in total. The number of nitrogens with two attached hydrogens (primary N) is 1. The van der Waals surface area contributed by atoms with Crippen LogP contribution >= 0.6 is 0 Å². The van der Waals surface area contributed by atoms with Crippen molar-refractivity contribution in [1.29, 1.82) is 0 Å². The van der Waals surface area contributed by atoms with Crippen LogP contribution in [-0.4, -0.2) is 79.1 Å². The number of aromatic hydroxyl groups is 1. The lowest BCUT2D eigenvalue weighted by atomic mass is 10.0. The number of carbonyl (C=O) groups excluding carboxylic acids is 3. The molecule has 14 heteroatoms. The zero-order valence-electron chi connectivity index (χ0n) is 22.4. The lowest BCUT2D eigenvalue weighted by Gasteiger charge is -2.25. The second-order valence-corrected chi connectivity index (χ2v) is 9.57. The molecule has 0 aliphatic rings. The second-order valence-electron chi connectivity index (χ2n) is 9.57. The predicted molar refractivity (Wildman–Crippen MR) is 148 cm³/mol. The molecular formula is C28H32N6O8. The number of benzene rings is 2. The highest BCUT2D eigenvalue weighted by Gasteiger charge is 2.32. The number of hydrogen-bond acceptors (Lipinski definition) is 8. The Kier molecular flexibility index (Phi) is 11.1. The number of imidazole rings is 1. The summed E-state index contributed by atoms with van der Waals surface area (Å²) in [6.45, 7) is 0. The van der Waals surface area contributed by atoms with Crippen molar-refractivity contribution >= 4 is 29.7 Å². The van der Waals surface area contributed by atoms with Gasteiger partial charge in [0.2, 0.25) is 17.7 Å².